The summed E-state index contributed by atoms with van der Waals surface area (Å²) in [5.41, 5.74) is 2.78. The van der Waals surface area contributed by atoms with Crippen LogP contribution in [0.25, 0.3) is 11.0 Å². The van der Waals surface area contributed by atoms with Crippen LogP contribution in [0.3, 0.4) is 0 Å². The molecule has 3 N–H and O–H groups in total. The molecule has 1 amide bonds. The van der Waals surface area contributed by atoms with Crippen LogP contribution in [0.15, 0.2) is 36.5 Å². The average molecular weight is 478 g/mol. The first kappa shape index (κ1) is 23.2. The second kappa shape index (κ2) is 9.26. The van der Waals surface area contributed by atoms with Crippen molar-refractivity contribution in [1.82, 2.24) is 30.5 Å². The number of aliphatic hydroxyl groups is 1. The number of hydrogen-bond acceptors (Lipinski definition) is 8. The van der Waals surface area contributed by atoms with Crippen molar-refractivity contribution in [1.29, 1.82) is 0 Å². The van der Waals surface area contributed by atoms with Crippen molar-refractivity contribution in [3.8, 4) is 6.01 Å². The Bertz CT molecular complexity index is 1250. The van der Waals surface area contributed by atoms with Crippen LogP contribution in [-0.4, -0.2) is 67.5 Å². The van der Waals surface area contributed by atoms with Crippen LogP contribution in [0.4, 0.5) is 5.82 Å². The predicted octanol–water partition coefficient (Wildman–Crippen LogP) is 2.73. The van der Waals surface area contributed by atoms with Crippen LogP contribution in [0.5, 0.6) is 6.01 Å². The maximum absolute atomic E-state index is 13.1. The highest BCUT2D eigenvalue weighted by Gasteiger charge is 2.47. The molecule has 0 radical (unpaired) electrons. The monoisotopic (exact) mass is 477 g/mol. The molecule has 10 nitrogen and oxygen atoms in total. The summed E-state index contributed by atoms with van der Waals surface area (Å²) in [5, 5.41) is 21.3. The summed E-state index contributed by atoms with van der Waals surface area (Å²) in [6, 6.07) is 5.78. The number of pyridine rings is 1. The van der Waals surface area contributed by atoms with E-state index in [1.54, 1.807) is 19.2 Å². The zero-order valence-electron chi connectivity index (χ0n) is 20.1. The fourth-order valence-corrected chi connectivity index (χ4v) is 4.72. The number of nitrogens with zero attached hydrogens (tertiary/aromatic N) is 5. The lowest BCUT2D eigenvalue weighted by molar-refractivity contribution is 0.0924. The fourth-order valence-electron chi connectivity index (χ4n) is 4.72. The van der Waals surface area contributed by atoms with E-state index >= 15 is 0 Å². The van der Waals surface area contributed by atoms with Crippen LogP contribution in [-0.2, 0) is 0 Å². The molecule has 3 aromatic rings. The Hall–Kier alpha value is -3.53. The van der Waals surface area contributed by atoms with E-state index in [9.17, 15) is 9.90 Å². The fraction of sp³-hybridized carbons (Fsp3) is 0.480. The molecule has 2 fully saturated rings. The number of carbonyl (C=O) groups excluding carboxylic acids is 1. The van der Waals surface area contributed by atoms with Crippen molar-refractivity contribution in [3.63, 3.8) is 0 Å². The van der Waals surface area contributed by atoms with E-state index in [0.717, 1.165) is 61.1 Å². The molecule has 184 valence electrons. The molecule has 1 unspecified atom stereocenters. The van der Waals surface area contributed by atoms with Gasteiger partial charge < -0.3 is 20.1 Å². The third-order valence-corrected chi connectivity index (χ3v) is 6.97. The van der Waals surface area contributed by atoms with Gasteiger partial charge >= 0.3 is 6.01 Å². The molecule has 0 bridgehead atoms. The molecular weight excluding hydrogens is 446 g/mol. The van der Waals surface area contributed by atoms with Gasteiger partial charge in [0.05, 0.1) is 17.3 Å². The summed E-state index contributed by atoms with van der Waals surface area (Å²) in [6.07, 6.45) is 4.43. The first-order chi connectivity index (χ1) is 16.9. The zero-order chi connectivity index (χ0) is 24.6. The minimum atomic E-state index is -0.674. The number of fused-ring (bicyclic) bond motifs is 1. The van der Waals surface area contributed by atoms with Crippen LogP contribution in [0, 0.1) is 0 Å². The highest BCUT2D eigenvalue weighted by Crippen LogP contribution is 2.44. The molecule has 10 heteroatoms. The topological polar surface area (TPSA) is 129 Å². The first-order valence-corrected chi connectivity index (χ1v) is 12.1. The number of aromatic amines is 1. The summed E-state index contributed by atoms with van der Waals surface area (Å²) in [7, 11) is 0. The van der Waals surface area contributed by atoms with Gasteiger partial charge in [-0.3, -0.25) is 9.89 Å². The lowest BCUT2D eigenvalue weighted by atomic mass is 9.92. The number of carbonyl (C=O) groups is 1. The van der Waals surface area contributed by atoms with E-state index in [-0.39, 0.29) is 29.8 Å². The number of aliphatic hydroxyl groups excluding tert-OH is 1. The molecule has 35 heavy (non-hydrogen) atoms. The lowest BCUT2D eigenvalue weighted by Gasteiger charge is -2.32. The van der Waals surface area contributed by atoms with Crippen molar-refractivity contribution < 1.29 is 14.6 Å². The van der Waals surface area contributed by atoms with Crippen LogP contribution >= 0.6 is 0 Å². The molecule has 4 heterocycles. The first-order valence-electron chi connectivity index (χ1n) is 12.1. The Morgan fingerprint density at radius 1 is 1.40 bits per heavy atom. The lowest BCUT2D eigenvalue weighted by Crippen LogP contribution is -2.38. The largest absolute Gasteiger partial charge is 0.461 e. The second-order valence-electron chi connectivity index (χ2n) is 9.49. The van der Waals surface area contributed by atoms with Gasteiger partial charge in [0, 0.05) is 36.7 Å². The van der Waals surface area contributed by atoms with E-state index in [2.05, 4.69) is 41.9 Å². The SMILES string of the molecule is C=C1CC1(CC)NC(=O)c1cc(N2CCC(c3n[nH]c4ncccc34)CC2)nc(OC[C@@H](C)O)n1. The number of H-pyrrole nitrogens is 1. The number of hydrogen-bond donors (Lipinski definition) is 3. The smallest absolute Gasteiger partial charge is 0.319 e. The van der Waals surface area contributed by atoms with Crippen molar-refractivity contribution in [3.05, 3.63) is 47.9 Å². The highest BCUT2D eigenvalue weighted by atomic mass is 16.5. The number of amides is 1. The van der Waals surface area contributed by atoms with Gasteiger partial charge in [0.1, 0.15) is 18.1 Å². The van der Waals surface area contributed by atoms with Crippen molar-refractivity contribution in [2.24, 2.45) is 0 Å². The average Bonchev–Trinajstić information content (AvgIpc) is 3.31. The van der Waals surface area contributed by atoms with Gasteiger partial charge in [0.2, 0.25) is 0 Å². The summed E-state index contributed by atoms with van der Waals surface area (Å²) >= 11 is 0. The number of ether oxygens (including phenoxy) is 1. The number of aromatic nitrogens is 5. The summed E-state index contributed by atoms with van der Waals surface area (Å²) < 4.78 is 5.59. The summed E-state index contributed by atoms with van der Waals surface area (Å²) in [4.78, 5) is 28.4. The van der Waals surface area contributed by atoms with Crippen LogP contribution in [0.1, 0.15) is 61.6 Å². The molecular formula is C25H31N7O3. The molecule has 1 saturated heterocycles. The Morgan fingerprint density at radius 2 is 2.17 bits per heavy atom. The molecule has 1 aliphatic carbocycles. The van der Waals surface area contributed by atoms with Crippen LogP contribution in [0.2, 0.25) is 0 Å². The molecule has 0 spiro atoms. The van der Waals surface area contributed by atoms with Crippen molar-refractivity contribution in [2.45, 2.75) is 57.1 Å². The maximum Gasteiger partial charge on any atom is 0.319 e. The molecule has 5 rings (SSSR count). The summed E-state index contributed by atoms with van der Waals surface area (Å²) in [5.74, 6) is 0.671. The zero-order valence-corrected chi connectivity index (χ0v) is 20.1. The van der Waals surface area contributed by atoms with Crippen molar-refractivity contribution in [2.75, 3.05) is 24.6 Å². The molecule has 1 saturated carbocycles. The molecule has 2 aliphatic rings. The van der Waals surface area contributed by atoms with E-state index in [1.807, 2.05) is 19.1 Å². The number of anilines is 1. The van der Waals surface area contributed by atoms with E-state index in [1.165, 1.54) is 0 Å². The molecule has 1 aliphatic heterocycles. The van der Waals surface area contributed by atoms with Gasteiger partial charge in [-0.05, 0) is 50.3 Å². The standard InChI is InChI=1S/C25H31N7O3/c1-4-25(13-15(25)2)29-23(34)19-12-20(28-24(27-19)35-14-16(3)33)32-10-7-17(8-11-32)21-18-6-5-9-26-22(18)31-30-21/h5-6,9,12,16-17,33H,2,4,7-8,10-11,13-14H2,1,3H3,(H,29,34)(H,26,30,31)/t16-,25?/m1/s1. The van der Waals surface area contributed by atoms with Gasteiger partial charge in [-0.1, -0.05) is 13.5 Å². The summed E-state index contributed by atoms with van der Waals surface area (Å²) in [6.45, 7) is 9.23. The van der Waals surface area contributed by atoms with E-state index < -0.39 is 6.10 Å². The third kappa shape index (κ3) is 4.70. The maximum atomic E-state index is 13.1. The molecule has 0 aromatic carbocycles. The molecule has 3 aromatic heterocycles. The highest BCUT2D eigenvalue weighted by molar-refractivity contribution is 5.94. The van der Waals surface area contributed by atoms with Gasteiger partial charge in [0.15, 0.2) is 5.65 Å². The Balaban J connectivity index is 1.34. The van der Waals surface area contributed by atoms with E-state index in [0.29, 0.717) is 11.7 Å². The minimum absolute atomic E-state index is 0.0442. The van der Waals surface area contributed by atoms with Gasteiger partial charge in [-0.2, -0.15) is 15.1 Å². The molecule has 2 atom stereocenters. The Labute approximate surface area is 203 Å². The van der Waals surface area contributed by atoms with Crippen molar-refractivity contribution >= 4 is 22.8 Å². The minimum Gasteiger partial charge on any atom is -0.461 e. The Morgan fingerprint density at radius 3 is 2.86 bits per heavy atom. The Kier molecular flexibility index (Phi) is 6.14. The van der Waals surface area contributed by atoms with Crippen LogP contribution < -0.4 is 15.0 Å². The number of rotatable bonds is 8. The number of nitrogens with one attached hydrogen (secondary N) is 2. The normalized spacial score (nSPS) is 21.2. The van der Waals surface area contributed by atoms with Gasteiger partial charge in [-0.15, -0.1) is 0 Å². The van der Waals surface area contributed by atoms with Gasteiger partial charge in [-0.25, -0.2) is 4.98 Å². The second-order valence-corrected chi connectivity index (χ2v) is 9.49. The predicted molar refractivity (Wildman–Crippen MR) is 132 cm³/mol. The number of piperidine rings is 1. The third-order valence-electron chi connectivity index (χ3n) is 6.97. The quantitative estimate of drug-likeness (QED) is 0.423. The van der Waals surface area contributed by atoms with E-state index in [4.69, 9.17) is 4.74 Å². The van der Waals surface area contributed by atoms with Gasteiger partial charge in [0.25, 0.3) is 5.91 Å².